The Hall–Kier alpha value is -5.32. The number of rotatable bonds is 6. The highest BCUT2D eigenvalue weighted by Crippen LogP contribution is 2.33. The van der Waals surface area contributed by atoms with Gasteiger partial charge in [0.1, 0.15) is 11.6 Å². The summed E-state index contributed by atoms with van der Waals surface area (Å²) >= 11 is 0. The average molecular weight is 676 g/mol. The summed E-state index contributed by atoms with van der Waals surface area (Å²) in [5.74, 6) is -3.39. The van der Waals surface area contributed by atoms with Gasteiger partial charge in [-0.2, -0.15) is 13.2 Å². The van der Waals surface area contributed by atoms with Gasteiger partial charge in [0.25, 0.3) is 0 Å². The highest BCUT2D eigenvalue weighted by Gasteiger charge is 2.38. The third-order valence-corrected chi connectivity index (χ3v) is 7.70. The largest absolute Gasteiger partial charge is 0.490 e. The van der Waals surface area contributed by atoms with Crippen LogP contribution in [0.25, 0.3) is 33.9 Å². The van der Waals surface area contributed by atoms with Gasteiger partial charge in [0, 0.05) is 26.2 Å². The average Bonchev–Trinajstić information content (AvgIpc) is 3.42. The van der Waals surface area contributed by atoms with Crippen LogP contribution in [0.2, 0.25) is 0 Å². The van der Waals surface area contributed by atoms with Crippen molar-refractivity contribution in [3.63, 3.8) is 0 Å². The summed E-state index contributed by atoms with van der Waals surface area (Å²) in [5.41, 5.74) is 14.9. The molecule has 3 aromatic rings. The van der Waals surface area contributed by atoms with Crippen LogP contribution in [-0.4, -0.2) is 91.1 Å². The number of nitrogens with one attached hydrogen (secondary N) is 2. The van der Waals surface area contributed by atoms with Crippen LogP contribution in [0.3, 0.4) is 0 Å². The standard InChI is InChI=1S/C29H33F2N9O.C2HF3O2/c1-17(41)16-40-26(22-4-2-20(14-24(22)30)18-6-10-38(11-7-18)28(32)33)36-37-27(40)23-5-3-21(15-25(23)31)19-8-12-39(13-9-19)29(34)35;3-2(4,5)1(6)7/h2-6,8,14-15,17,41H,7,9-13,16H2,1H3,(H3,32,33)(H3,34,35);(H,6,7). The molecular formula is C31H34F5N9O3. The zero-order valence-electron chi connectivity index (χ0n) is 25.7. The Balaban J connectivity index is 0.000000671. The van der Waals surface area contributed by atoms with Crippen LogP contribution in [0.4, 0.5) is 22.0 Å². The zero-order valence-corrected chi connectivity index (χ0v) is 25.7. The molecule has 5 rings (SSSR count). The summed E-state index contributed by atoms with van der Waals surface area (Å²) in [6, 6.07) is 9.71. The van der Waals surface area contributed by atoms with Crippen LogP contribution in [0.15, 0.2) is 48.6 Å². The third-order valence-electron chi connectivity index (χ3n) is 7.70. The molecule has 3 heterocycles. The van der Waals surface area contributed by atoms with E-state index >= 15 is 8.78 Å². The molecule has 1 atom stereocenters. The fourth-order valence-corrected chi connectivity index (χ4v) is 5.23. The number of aliphatic hydroxyl groups is 1. The Kier molecular flexibility index (Phi) is 10.8. The Morgan fingerprint density at radius 3 is 1.54 bits per heavy atom. The van der Waals surface area contributed by atoms with Crippen molar-refractivity contribution < 1.29 is 37.0 Å². The van der Waals surface area contributed by atoms with Crippen LogP contribution >= 0.6 is 0 Å². The molecule has 0 saturated carbocycles. The van der Waals surface area contributed by atoms with Crippen LogP contribution in [0.1, 0.15) is 30.9 Å². The third kappa shape index (κ3) is 8.33. The van der Waals surface area contributed by atoms with Crippen LogP contribution in [0.5, 0.6) is 0 Å². The number of nitrogens with two attached hydrogens (primary N) is 2. The summed E-state index contributed by atoms with van der Waals surface area (Å²) in [4.78, 5) is 12.4. The Labute approximate surface area is 271 Å². The molecule has 0 fully saturated rings. The van der Waals surface area contributed by atoms with Gasteiger partial charge < -0.3 is 36.0 Å². The van der Waals surface area contributed by atoms with Gasteiger partial charge in [-0.25, -0.2) is 13.6 Å². The highest BCUT2D eigenvalue weighted by molar-refractivity contribution is 5.78. The summed E-state index contributed by atoms with van der Waals surface area (Å²) in [6.07, 6.45) is -0.782. The van der Waals surface area contributed by atoms with Crippen molar-refractivity contribution in [3.8, 4) is 22.8 Å². The Morgan fingerprint density at radius 1 is 0.875 bits per heavy atom. The predicted molar refractivity (Wildman–Crippen MR) is 168 cm³/mol. The number of aliphatic hydroxyl groups excluding tert-OH is 1. The summed E-state index contributed by atoms with van der Waals surface area (Å²) in [6.45, 7) is 3.76. The second kappa shape index (κ2) is 14.6. The number of carboxylic acids is 1. The molecule has 0 saturated heterocycles. The minimum atomic E-state index is -5.08. The van der Waals surface area contributed by atoms with E-state index in [-0.39, 0.29) is 41.2 Å². The maximum absolute atomic E-state index is 15.5. The first-order valence-corrected chi connectivity index (χ1v) is 14.6. The molecule has 1 aromatic heterocycles. The van der Waals surface area contributed by atoms with Crippen LogP contribution in [0, 0.1) is 22.5 Å². The quantitative estimate of drug-likeness (QED) is 0.128. The fraction of sp³-hybridized carbons (Fsp3) is 0.323. The van der Waals surface area contributed by atoms with Gasteiger partial charge in [-0.05, 0) is 66.3 Å². The number of carboxylic acid groups (broad SMARTS) is 1. The molecule has 2 aliphatic heterocycles. The van der Waals surface area contributed by atoms with Gasteiger partial charge in [-0.1, -0.05) is 24.3 Å². The maximum Gasteiger partial charge on any atom is 0.490 e. The molecule has 256 valence electrons. The SMILES string of the molecule is CC(O)Cn1c(-c2ccc(C3=CCN(C(=N)N)CC3)cc2F)nnc1-c1ccc(C2=CCN(C(=N)N)CC2)cc1F.O=C(O)C(F)(F)F. The molecule has 1 unspecified atom stereocenters. The topological polar surface area (TPSA) is 194 Å². The van der Waals surface area contributed by atoms with E-state index in [4.69, 9.17) is 32.2 Å². The monoisotopic (exact) mass is 675 g/mol. The lowest BCUT2D eigenvalue weighted by atomic mass is 9.97. The number of benzene rings is 2. The first-order chi connectivity index (χ1) is 22.6. The lowest BCUT2D eigenvalue weighted by Gasteiger charge is -2.26. The number of hydrogen-bond donors (Lipinski definition) is 6. The van der Waals surface area contributed by atoms with Crippen molar-refractivity contribution in [2.45, 2.75) is 38.6 Å². The molecule has 8 N–H and O–H groups in total. The smallest absolute Gasteiger partial charge is 0.475 e. The van der Waals surface area contributed by atoms with E-state index in [1.807, 2.05) is 12.2 Å². The van der Waals surface area contributed by atoms with E-state index in [0.717, 1.165) is 22.3 Å². The summed E-state index contributed by atoms with van der Waals surface area (Å²) < 4.78 is 64.3. The van der Waals surface area contributed by atoms with Gasteiger partial charge in [0.05, 0.1) is 23.8 Å². The number of hydrogen-bond acceptors (Lipinski definition) is 6. The minimum absolute atomic E-state index is 0.00763. The van der Waals surface area contributed by atoms with Gasteiger partial charge in [0.15, 0.2) is 23.6 Å². The lowest BCUT2D eigenvalue weighted by molar-refractivity contribution is -0.192. The molecule has 0 spiro atoms. The molecule has 2 aliphatic rings. The van der Waals surface area contributed by atoms with Gasteiger partial charge in [-0.3, -0.25) is 10.8 Å². The van der Waals surface area contributed by atoms with Crippen molar-refractivity contribution in [2.75, 3.05) is 26.2 Å². The molecule has 0 bridgehead atoms. The van der Waals surface area contributed by atoms with Crippen molar-refractivity contribution in [1.82, 2.24) is 24.6 Å². The molecule has 0 aliphatic carbocycles. The molecule has 0 amide bonds. The molecule has 2 aromatic carbocycles. The normalized spacial score (nSPS) is 15.6. The minimum Gasteiger partial charge on any atom is -0.475 e. The van der Waals surface area contributed by atoms with E-state index in [9.17, 15) is 18.3 Å². The van der Waals surface area contributed by atoms with Gasteiger partial charge in [-0.15, -0.1) is 10.2 Å². The van der Waals surface area contributed by atoms with Crippen molar-refractivity contribution in [3.05, 3.63) is 71.3 Å². The second-order valence-electron chi connectivity index (χ2n) is 11.1. The lowest BCUT2D eigenvalue weighted by Crippen LogP contribution is -2.39. The van der Waals surface area contributed by atoms with E-state index in [0.29, 0.717) is 39.0 Å². The molecule has 12 nitrogen and oxygen atoms in total. The highest BCUT2D eigenvalue weighted by atomic mass is 19.4. The number of nitrogens with zero attached hydrogens (tertiary/aromatic N) is 5. The number of carbonyl (C=O) groups is 1. The predicted octanol–water partition coefficient (Wildman–Crippen LogP) is 3.87. The number of alkyl halides is 3. The molecular weight excluding hydrogens is 641 g/mol. The first-order valence-electron chi connectivity index (χ1n) is 14.6. The zero-order chi connectivity index (χ0) is 35.3. The summed E-state index contributed by atoms with van der Waals surface area (Å²) in [5, 5.41) is 40.9. The first kappa shape index (κ1) is 35.5. The second-order valence-corrected chi connectivity index (χ2v) is 11.1. The number of aliphatic carboxylic acids is 1. The maximum atomic E-state index is 15.5. The van der Waals surface area contributed by atoms with Crippen molar-refractivity contribution in [2.24, 2.45) is 11.5 Å². The van der Waals surface area contributed by atoms with Gasteiger partial charge in [0.2, 0.25) is 0 Å². The van der Waals surface area contributed by atoms with E-state index in [1.54, 1.807) is 41.0 Å². The number of aromatic nitrogens is 3. The Morgan fingerprint density at radius 2 is 1.27 bits per heavy atom. The van der Waals surface area contributed by atoms with E-state index in [1.165, 1.54) is 16.7 Å². The summed E-state index contributed by atoms with van der Waals surface area (Å²) in [7, 11) is 0. The van der Waals surface area contributed by atoms with Crippen LogP contribution < -0.4 is 11.5 Å². The van der Waals surface area contributed by atoms with Crippen molar-refractivity contribution >= 4 is 29.0 Å². The number of guanidine groups is 2. The molecule has 48 heavy (non-hydrogen) atoms. The van der Waals surface area contributed by atoms with Gasteiger partial charge >= 0.3 is 12.1 Å². The molecule has 17 heteroatoms. The fourth-order valence-electron chi connectivity index (χ4n) is 5.23. The molecule has 0 radical (unpaired) electrons. The number of halogens is 5. The Bertz CT molecular complexity index is 1660. The van der Waals surface area contributed by atoms with Crippen molar-refractivity contribution in [1.29, 1.82) is 10.8 Å². The van der Waals surface area contributed by atoms with Crippen LogP contribution in [-0.2, 0) is 11.3 Å². The van der Waals surface area contributed by atoms with E-state index in [2.05, 4.69) is 10.2 Å². The van der Waals surface area contributed by atoms with E-state index < -0.39 is 29.9 Å².